The van der Waals surface area contributed by atoms with Gasteiger partial charge in [-0.25, -0.2) is 0 Å². The van der Waals surface area contributed by atoms with Crippen LogP contribution < -0.4 is 11.0 Å². The minimum absolute atomic E-state index is 0.220. The van der Waals surface area contributed by atoms with Crippen molar-refractivity contribution in [1.29, 1.82) is 0 Å². The number of aryl methyl sites for hydroxylation is 3. The van der Waals surface area contributed by atoms with Crippen molar-refractivity contribution in [3.05, 3.63) is 46.9 Å². The minimum atomic E-state index is -0.262. The smallest absolute Gasteiger partial charge is 0.282 e. The molecule has 0 radical (unpaired) electrons. The van der Waals surface area contributed by atoms with Crippen LogP contribution in [0.4, 0.5) is 0 Å². The number of aromatic nitrogens is 2. The number of nitrogens with one attached hydrogen (secondary N) is 2. The average molecular weight is 446 g/mol. The van der Waals surface area contributed by atoms with Crippen molar-refractivity contribution >= 4 is 51.0 Å². The van der Waals surface area contributed by atoms with E-state index in [-0.39, 0.29) is 16.2 Å². The minimum Gasteiger partial charge on any atom is -0.322 e. The molecule has 1 amide bonds. The van der Waals surface area contributed by atoms with Crippen LogP contribution in [0.15, 0.2) is 10.9 Å². The van der Waals surface area contributed by atoms with Gasteiger partial charge in [0.1, 0.15) is 4.83 Å². The lowest BCUT2D eigenvalue weighted by molar-refractivity contribution is 0.101. The van der Waals surface area contributed by atoms with Crippen LogP contribution in [-0.4, -0.2) is 15.6 Å². The van der Waals surface area contributed by atoms with Crippen molar-refractivity contribution in [2.24, 2.45) is 5.92 Å². The SMILES string of the molecule is C[C@H]1CCc2c(sc3[nH]c(=S)n(NC(=O)c4cc5c(s4)CCCCC5)c(=O)c23)C1. The number of fused-ring (bicyclic) bond motifs is 4. The van der Waals surface area contributed by atoms with Crippen LogP contribution >= 0.6 is 34.9 Å². The number of aromatic amines is 1. The molecule has 3 aromatic heterocycles. The molecule has 1 atom stereocenters. The van der Waals surface area contributed by atoms with Crippen molar-refractivity contribution in [2.45, 2.75) is 58.3 Å². The number of carbonyl (C=O) groups is 1. The summed E-state index contributed by atoms with van der Waals surface area (Å²) in [6, 6.07) is 1.99. The van der Waals surface area contributed by atoms with Crippen molar-refractivity contribution in [3.63, 3.8) is 0 Å². The van der Waals surface area contributed by atoms with E-state index in [0.29, 0.717) is 16.2 Å². The summed E-state index contributed by atoms with van der Waals surface area (Å²) in [7, 11) is 0. The zero-order valence-electron chi connectivity index (χ0n) is 16.3. The molecule has 2 aliphatic carbocycles. The molecule has 0 spiro atoms. The third kappa shape index (κ3) is 3.41. The zero-order valence-corrected chi connectivity index (χ0v) is 18.7. The van der Waals surface area contributed by atoms with Gasteiger partial charge in [-0.15, -0.1) is 22.7 Å². The van der Waals surface area contributed by atoms with E-state index in [4.69, 9.17) is 12.2 Å². The summed E-state index contributed by atoms with van der Waals surface area (Å²) in [5.41, 5.74) is 4.96. The Kier molecular flexibility index (Phi) is 4.96. The fourth-order valence-corrected chi connectivity index (χ4v) is 7.30. The number of rotatable bonds is 2. The molecule has 0 aromatic carbocycles. The first-order valence-electron chi connectivity index (χ1n) is 10.2. The molecule has 0 fully saturated rings. The highest BCUT2D eigenvalue weighted by molar-refractivity contribution is 7.71. The Balaban J connectivity index is 1.51. The summed E-state index contributed by atoms with van der Waals surface area (Å²) in [4.78, 5) is 33.4. The highest BCUT2D eigenvalue weighted by atomic mass is 32.1. The first kappa shape index (κ1) is 19.2. The largest absolute Gasteiger partial charge is 0.322 e. The Hall–Kier alpha value is -1.77. The molecular formula is C21H23N3O2S3. The lowest BCUT2D eigenvalue weighted by atomic mass is 9.89. The molecule has 0 aliphatic heterocycles. The molecule has 0 saturated carbocycles. The van der Waals surface area contributed by atoms with Crippen LogP contribution in [0.2, 0.25) is 0 Å². The number of hydrogen-bond donors (Lipinski definition) is 2. The molecule has 8 heteroatoms. The molecule has 5 rings (SSSR count). The van der Waals surface area contributed by atoms with Crippen LogP contribution in [0, 0.1) is 10.7 Å². The maximum atomic E-state index is 13.2. The first-order valence-corrected chi connectivity index (χ1v) is 12.3. The fourth-order valence-electron chi connectivity index (χ4n) is 4.46. The van der Waals surface area contributed by atoms with E-state index in [0.717, 1.165) is 42.5 Å². The van der Waals surface area contributed by atoms with Gasteiger partial charge in [0.25, 0.3) is 11.5 Å². The number of nitrogens with zero attached hydrogens (tertiary/aromatic N) is 1. The summed E-state index contributed by atoms with van der Waals surface area (Å²) >= 11 is 8.58. The maximum Gasteiger partial charge on any atom is 0.282 e. The zero-order chi connectivity index (χ0) is 20.1. The van der Waals surface area contributed by atoms with Gasteiger partial charge >= 0.3 is 0 Å². The molecule has 152 valence electrons. The second-order valence-electron chi connectivity index (χ2n) is 8.19. The Morgan fingerprint density at radius 1 is 1.21 bits per heavy atom. The van der Waals surface area contributed by atoms with Crippen LogP contribution in [0.25, 0.3) is 10.2 Å². The number of thiophene rings is 2. The Labute approximate surface area is 181 Å². The van der Waals surface area contributed by atoms with Crippen molar-refractivity contribution < 1.29 is 4.79 Å². The Morgan fingerprint density at radius 3 is 2.90 bits per heavy atom. The van der Waals surface area contributed by atoms with E-state index in [1.807, 2.05) is 6.07 Å². The quantitative estimate of drug-likeness (QED) is 0.433. The normalized spacial score (nSPS) is 18.9. The van der Waals surface area contributed by atoms with Crippen LogP contribution in [0.3, 0.4) is 0 Å². The Morgan fingerprint density at radius 2 is 2.03 bits per heavy atom. The molecule has 2 N–H and O–H groups in total. The van der Waals surface area contributed by atoms with E-state index >= 15 is 0 Å². The molecule has 29 heavy (non-hydrogen) atoms. The molecule has 3 heterocycles. The number of hydrogen-bond acceptors (Lipinski definition) is 5. The van der Waals surface area contributed by atoms with E-state index in [2.05, 4.69) is 17.3 Å². The van der Waals surface area contributed by atoms with Gasteiger partial charge in [-0.3, -0.25) is 15.0 Å². The standard InChI is InChI=1S/C21H23N3O2S3/c1-11-7-8-13-15(9-11)29-19-17(13)20(26)24(21(27)22-19)23-18(25)16-10-12-5-3-2-4-6-14(12)28-16/h10-11H,2-9H2,1H3,(H,22,27)(H,23,25)/t11-/m0/s1. The highest BCUT2D eigenvalue weighted by Crippen LogP contribution is 2.35. The van der Waals surface area contributed by atoms with Gasteiger partial charge < -0.3 is 4.98 Å². The van der Waals surface area contributed by atoms with E-state index in [1.165, 1.54) is 39.3 Å². The van der Waals surface area contributed by atoms with Gasteiger partial charge in [-0.2, -0.15) is 4.68 Å². The van der Waals surface area contributed by atoms with Gasteiger partial charge in [0.2, 0.25) is 4.77 Å². The monoisotopic (exact) mass is 445 g/mol. The van der Waals surface area contributed by atoms with Crippen LogP contribution in [0.1, 0.15) is 63.2 Å². The molecular weight excluding hydrogens is 422 g/mol. The average Bonchev–Trinajstić information content (AvgIpc) is 3.18. The van der Waals surface area contributed by atoms with Crippen LogP contribution in [0.5, 0.6) is 0 Å². The summed E-state index contributed by atoms with van der Waals surface area (Å²) < 4.78 is 1.45. The van der Waals surface area contributed by atoms with E-state index < -0.39 is 0 Å². The maximum absolute atomic E-state index is 13.2. The van der Waals surface area contributed by atoms with Crippen molar-refractivity contribution in [3.8, 4) is 0 Å². The Bertz CT molecular complexity index is 1210. The highest BCUT2D eigenvalue weighted by Gasteiger charge is 2.24. The second-order valence-corrected chi connectivity index (χ2v) is 10.8. The molecule has 5 nitrogen and oxygen atoms in total. The van der Waals surface area contributed by atoms with Gasteiger partial charge in [-0.05, 0) is 80.3 Å². The van der Waals surface area contributed by atoms with Crippen molar-refractivity contribution in [1.82, 2.24) is 9.66 Å². The molecule has 2 aliphatic rings. The number of H-pyrrole nitrogens is 1. The fraction of sp³-hybridized carbons (Fsp3) is 0.476. The summed E-state index contributed by atoms with van der Waals surface area (Å²) in [5, 5.41) is 0.688. The summed E-state index contributed by atoms with van der Waals surface area (Å²) in [6.45, 7) is 2.25. The lowest BCUT2D eigenvalue weighted by Crippen LogP contribution is -2.34. The van der Waals surface area contributed by atoms with Crippen molar-refractivity contribution in [2.75, 3.05) is 5.43 Å². The lowest BCUT2D eigenvalue weighted by Gasteiger charge is -2.17. The predicted molar refractivity (Wildman–Crippen MR) is 122 cm³/mol. The summed E-state index contributed by atoms with van der Waals surface area (Å²) in [5.74, 6) is 0.372. The first-order chi connectivity index (χ1) is 14.0. The van der Waals surface area contributed by atoms with Gasteiger partial charge in [0.15, 0.2) is 0 Å². The molecule has 0 bridgehead atoms. The summed E-state index contributed by atoms with van der Waals surface area (Å²) in [6.07, 6.45) is 8.66. The third-order valence-corrected chi connectivity index (χ3v) is 8.73. The van der Waals surface area contributed by atoms with Gasteiger partial charge in [0.05, 0.1) is 10.3 Å². The molecule has 0 unspecified atom stereocenters. The van der Waals surface area contributed by atoms with Gasteiger partial charge in [0, 0.05) is 9.75 Å². The van der Waals surface area contributed by atoms with Crippen LogP contribution in [-0.2, 0) is 25.7 Å². The number of amides is 1. The molecule has 3 aromatic rings. The number of carbonyl (C=O) groups excluding carboxylic acids is 1. The molecule has 0 saturated heterocycles. The topological polar surface area (TPSA) is 66.9 Å². The third-order valence-electron chi connectivity index (χ3n) is 6.04. The van der Waals surface area contributed by atoms with E-state index in [9.17, 15) is 9.59 Å². The van der Waals surface area contributed by atoms with Gasteiger partial charge in [-0.1, -0.05) is 13.3 Å². The second kappa shape index (κ2) is 7.49. The predicted octanol–water partition coefficient (Wildman–Crippen LogP) is 4.96. The van der Waals surface area contributed by atoms with E-state index in [1.54, 1.807) is 22.7 Å².